The third kappa shape index (κ3) is 3.69. The van der Waals surface area contributed by atoms with Crippen molar-refractivity contribution in [3.63, 3.8) is 0 Å². The first-order chi connectivity index (χ1) is 10.7. The SMILES string of the molecule is CCCn1nnnc1CSc1nnc(Cc2csc(C)n2)o1. The predicted molar refractivity (Wildman–Crippen MR) is 81.6 cm³/mol. The van der Waals surface area contributed by atoms with E-state index in [1.165, 1.54) is 11.8 Å². The Hall–Kier alpha value is -1.81. The minimum absolute atomic E-state index is 0.521. The van der Waals surface area contributed by atoms with E-state index in [1.54, 1.807) is 16.0 Å². The van der Waals surface area contributed by atoms with Crippen molar-refractivity contribution in [2.24, 2.45) is 0 Å². The number of aromatic nitrogens is 7. The highest BCUT2D eigenvalue weighted by atomic mass is 32.2. The number of aryl methyl sites for hydroxylation is 2. The Morgan fingerprint density at radius 3 is 3.00 bits per heavy atom. The van der Waals surface area contributed by atoms with Gasteiger partial charge in [-0.25, -0.2) is 9.67 Å². The van der Waals surface area contributed by atoms with E-state index in [0.29, 0.717) is 23.3 Å². The molecule has 3 aromatic heterocycles. The van der Waals surface area contributed by atoms with E-state index in [4.69, 9.17) is 4.42 Å². The molecule has 22 heavy (non-hydrogen) atoms. The molecule has 8 nitrogen and oxygen atoms in total. The van der Waals surface area contributed by atoms with Gasteiger partial charge in [-0.2, -0.15) is 0 Å². The van der Waals surface area contributed by atoms with E-state index in [-0.39, 0.29) is 0 Å². The summed E-state index contributed by atoms with van der Waals surface area (Å²) in [7, 11) is 0. The molecule has 116 valence electrons. The molecule has 0 saturated heterocycles. The Balaban J connectivity index is 1.58. The largest absolute Gasteiger partial charge is 0.416 e. The summed E-state index contributed by atoms with van der Waals surface area (Å²) in [4.78, 5) is 4.39. The summed E-state index contributed by atoms with van der Waals surface area (Å²) in [6, 6.07) is 0. The van der Waals surface area contributed by atoms with Crippen LogP contribution in [0.4, 0.5) is 0 Å². The van der Waals surface area contributed by atoms with Crippen LogP contribution in [-0.4, -0.2) is 35.4 Å². The van der Waals surface area contributed by atoms with Gasteiger partial charge in [0.15, 0.2) is 5.82 Å². The number of rotatable bonds is 7. The van der Waals surface area contributed by atoms with Crippen molar-refractivity contribution in [3.05, 3.63) is 27.8 Å². The number of hydrogen-bond donors (Lipinski definition) is 0. The first kappa shape index (κ1) is 15.1. The maximum absolute atomic E-state index is 5.62. The number of tetrazole rings is 1. The average molecular weight is 337 g/mol. The van der Waals surface area contributed by atoms with E-state index in [2.05, 4.69) is 37.6 Å². The summed E-state index contributed by atoms with van der Waals surface area (Å²) < 4.78 is 7.42. The average Bonchev–Trinajstić information content (AvgIpc) is 3.20. The molecular weight excluding hydrogens is 322 g/mol. The van der Waals surface area contributed by atoms with Gasteiger partial charge in [0.2, 0.25) is 5.89 Å². The lowest BCUT2D eigenvalue weighted by molar-refractivity contribution is 0.419. The van der Waals surface area contributed by atoms with Gasteiger partial charge in [0.1, 0.15) is 0 Å². The van der Waals surface area contributed by atoms with Gasteiger partial charge in [0, 0.05) is 11.9 Å². The van der Waals surface area contributed by atoms with Crippen LogP contribution in [0.3, 0.4) is 0 Å². The topological polar surface area (TPSA) is 95.4 Å². The Morgan fingerprint density at radius 1 is 1.32 bits per heavy atom. The van der Waals surface area contributed by atoms with Gasteiger partial charge in [0.05, 0.1) is 22.9 Å². The summed E-state index contributed by atoms with van der Waals surface area (Å²) in [6.07, 6.45) is 1.55. The van der Waals surface area contributed by atoms with Crippen molar-refractivity contribution in [2.75, 3.05) is 0 Å². The smallest absolute Gasteiger partial charge is 0.277 e. The first-order valence-corrected chi connectivity index (χ1v) is 8.72. The van der Waals surface area contributed by atoms with Crippen molar-refractivity contribution < 1.29 is 4.42 Å². The fourth-order valence-electron chi connectivity index (χ4n) is 1.85. The van der Waals surface area contributed by atoms with E-state index >= 15 is 0 Å². The number of nitrogens with zero attached hydrogens (tertiary/aromatic N) is 7. The standard InChI is InChI=1S/C12H15N7OS2/c1-3-4-19-10(14-17-18-19)7-22-12-16-15-11(20-12)5-9-6-21-8(2)13-9/h6H,3-5,7H2,1-2H3. The highest BCUT2D eigenvalue weighted by Gasteiger charge is 2.12. The van der Waals surface area contributed by atoms with E-state index in [9.17, 15) is 0 Å². The molecular formula is C12H15N7OS2. The quantitative estimate of drug-likeness (QED) is 0.605. The van der Waals surface area contributed by atoms with Crippen molar-refractivity contribution >= 4 is 23.1 Å². The van der Waals surface area contributed by atoms with Crippen molar-refractivity contribution in [1.82, 2.24) is 35.4 Å². The van der Waals surface area contributed by atoms with Crippen molar-refractivity contribution in [3.8, 4) is 0 Å². The Bertz CT molecular complexity index is 735. The molecule has 0 aliphatic heterocycles. The fraction of sp³-hybridized carbons (Fsp3) is 0.500. The Labute approximate surface area is 135 Å². The molecule has 0 atom stereocenters. The lowest BCUT2D eigenvalue weighted by Gasteiger charge is -1.99. The molecule has 0 unspecified atom stereocenters. The molecule has 0 fully saturated rings. The van der Waals surface area contributed by atoms with E-state index in [1.807, 2.05) is 12.3 Å². The second-order valence-corrected chi connectivity index (χ2v) is 6.59. The van der Waals surface area contributed by atoms with Crippen LogP contribution in [0.15, 0.2) is 15.0 Å². The van der Waals surface area contributed by atoms with Gasteiger partial charge in [-0.3, -0.25) is 0 Å². The summed E-state index contributed by atoms with van der Waals surface area (Å²) in [6.45, 7) is 4.87. The number of thioether (sulfide) groups is 1. The van der Waals surface area contributed by atoms with Crippen LogP contribution in [-0.2, 0) is 18.7 Å². The highest BCUT2D eigenvalue weighted by Crippen LogP contribution is 2.21. The van der Waals surface area contributed by atoms with Gasteiger partial charge in [-0.1, -0.05) is 18.7 Å². The third-order valence-corrected chi connectivity index (χ3v) is 4.45. The molecule has 3 aromatic rings. The van der Waals surface area contributed by atoms with Crippen molar-refractivity contribution in [2.45, 2.75) is 44.2 Å². The zero-order valence-corrected chi connectivity index (χ0v) is 13.9. The Morgan fingerprint density at radius 2 is 2.23 bits per heavy atom. The summed E-state index contributed by atoms with van der Waals surface area (Å²) in [5, 5.41) is 23.3. The van der Waals surface area contributed by atoms with Crippen LogP contribution in [0, 0.1) is 6.92 Å². The third-order valence-electron chi connectivity index (χ3n) is 2.81. The molecule has 0 bridgehead atoms. The van der Waals surface area contributed by atoms with Crippen LogP contribution in [0.1, 0.15) is 35.8 Å². The molecule has 0 N–H and O–H groups in total. The monoisotopic (exact) mass is 337 g/mol. The Kier molecular flexibility index (Phi) is 4.78. The molecule has 3 rings (SSSR count). The molecule has 0 spiro atoms. The van der Waals surface area contributed by atoms with E-state index in [0.717, 1.165) is 29.5 Å². The zero-order chi connectivity index (χ0) is 15.4. The molecule has 0 amide bonds. The number of hydrogen-bond acceptors (Lipinski definition) is 9. The minimum Gasteiger partial charge on any atom is -0.416 e. The summed E-state index contributed by atoms with van der Waals surface area (Å²) >= 11 is 3.05. The molecule has 0 radical (unpaired) electrons. The molecule has 3 heterocycles. The molecule has 10 heteroatoms. The predicted octanol–water partition coefficient (Wildman–Crippen LogP) is 2.11. The van der Waals surface area contributed by atoms with Gasteiger partial charge in [-0.15, -0.1) is 26.6 Å². The van der Waals surface area contributed by atoms with Gasteiger partial charge in [0.25, 0.3) is 5.22 Å². The van der Waals surface area contributed by atoms with Crippen molar-refractivity contribution in [1.29, 1.82) is 0 Å². The maximum atomic E-state index is 5.62. The lowest BCUT2D eigenvalue weighted by Crippen LogP contribution is -2.04. The fourth-order valence-corrected chi connectivity index (χ4v) is 3.18. The van der Waals surface area contributed by atoms with Crippen LogP contribution < -0.4 is 0 Å². The summed E-state index contributed by atoms with van der Waals surface area (Å²) in [5.74, 6) is 1.98. The maximum Gasteiger partial charge on any atom is 0.277 e. The second kappa shape index (κ2) is 6.97. The van der Waals surface area contributed by atoms with Crippen LogP contribution in [0.25, 0.3) is 0 Å². The van der Waals surface area contributed by atoms with E-state index < -0.39 is 0 Å². The highest BCUT2D eigenvalue weighted by molar-refractivity contribution is 7.98. The second-order valence-electron chi connectivity index (χ2n) is 4.60. The van der Waals surface area contributed by atoms with Gasteiger partial charge >= 0.3 is 0 Å². The summed E-state index contributed by atoms with van der Waals surface area (Å²) in [5.41, 5.74) is 0.953. The van der Waals surface area contributed by atoms with Crippen LogP contribution in [0.2, 0.25) is 0 Å². The van der Waals surface area contributed by atoms with Gasteiger partial charge in [-0.05, 0) is 23.8 Å². The zero-order valence-electron chi connectivity index (χ0n) is 12.3. The molecule has 0 saturated carbocycles. The molecule has 0 aromatic carbocycles. The number of thiazole rings is 1. The molecule has 0 aliphatic rings. The normalized spacial score (nSPS) is 11.2. The minimum atomic E-state index is 0.521. The lowest BCUT2D eigenvalue weighted by atomic mass is 10.3. The van der Waals surface area contributed by atoms with Gasteiger partial charge < -0.3 is 4.42 Å². The van der Waals surface area contributed by atoms with Crippen LogP contribution in [0.5, 0.6) is 0 Å². The molecule has 0 aliphatic carbocycles. The first-order valence-electron chi connectivity index (χ1n) is 6.86. The van der Waals surface area contributed by atoms with Crippen LogP contribution >= 0.6 is 23.1 Å².